The molecule has 0 bridgehead atoms. The Balaban J connectivity index is 1.90. The van der Waals surface area contributed by atoms with Gasteiger partial charge in [-0.3, -0.25) is 4.79 Å². The third kappa shape index (κ3) is 5.46. The summed E-state index contributed by atoms with van der Waals surface area (Å²) in [6, 6.07) is 7.77. The molecule has 2 aromatic rings. The van der Waals surface area contributed by atoms with Crippen LogP contribution < -0.4 is 5.32 Å². The van der Waals surface area contributed by atoms with Gasteiger partial charge in [0, 0.05) is 22.6 Å². The molecule has 0 aliphatic carbocycles. The largest absolute Gasteiger partial charge is 0.352 e. The molecule has 5 heteroatoms. The first-order chi connectivity index (χ1) is 10.7. The van der Waals surface area contributed by atoms with Gasteiger partial charge in [0.2, 0.25) is 0 Å². The summed E-state index contributed by atoms with van der Waals surface area (Å²) < 4.78 is 0. The van der Waals surface area contributed by atoms with Crippen molar-refractivity contribution in [3.05, 3.63) is 46.4 Å². The van der Waals surface area contributed by atoms with Gasteiger partial charge in [0.25, 0.3) is 5.91 Å². The van der Waals surface area contributed by atoms with E-state index in [0.29, 0.717) is 5.92 Å². The average Bonchev–Trinajstić information content (AvgIpc) is 3.03. The number of amides is 1. The number of aromatic nitrogens is 1. The Morgan fingerprint density at radius 1 is 1.36 bits per heavy atom. The average molecular weight is 335 g/mol. The summed E-state index contributed by atoms with van der Waals surface area (Å²) >= 11 is 3.26. The van der Waals surface area contributed by atoms with Crippen molar-refractivity contribution < 1.29 is 4.79 Å². The Hall–Kier alpha value is -1.33. The van der Waals surface area contributed by atoms with Gasteiger partial charge in [0.15, 0.2) is 0 Å². The van der Waals surface area contributed by atoms with E-state index < -0.39 is 0 Å². The lowest BCUT2D eigenvalue weighted by molar-refractivity contribution is 0.0949. The molecule has 0 atom stereocenters. The van der Waals surface area contributed by atoms with Crippen LogP contribution in [0.1, 0.15) is 42.7 Å². The summed E-state index contributed by atoms with van der Waals surface area (Å²) in [7, 11) is 0. The number of hydrogen-bond donors (Lipinski definition) is 1. The van der Waals surface area contributed by atoms with Crippen LogP contribution >= 0.6 is 23.1 Å². The van der Waals surface area contributed by atoms with Gasteiger partial charge >= 0.3 is 0 Å². The maximum absolute atomic E-state index is 12.3. The molecule has 2 rings (SSSR count). The van der Waals surface area contributed by atoms with Crippen LogP contribution in [0.15, 0.2) is 40.1 Å². The van der Waals surface area contributed by atoms with Gasteiger partial charge in [0.05, 0.1) is 16.8 Å². The third-order valence-corrected chi connectivity index (χ3v) is 4.98. The molecule has 1 aromatic carbocycles. The molecule has 0 unspecified atom stereocenters. The highest BCUT2D eigenvalue weighted by atomic mass is 32.2. The van der Waals surface area contributed by atoms with Crippen molar-refractivity contribution in [3.8, 4) is 0 Å². The second-order valence-electron chi connectivity index (χ2n) is 5.56. The van der Waals surface area contributed by atoms with Gasteiger partial charge in [-0.05, 0) is 30.9 Å². The van der Waals surface area contributed by atoms with Crippen LogP contribution in [0.25, 0.3) is 0 Å². The van der Waals surface area contributed by atoms with Gasteiger partial charge in [-0.25, -0.2) is 4.98 Å². The van der Waals surface area contributed by atoms with Crippen molar-refractivity contribution in [3.63, 3.8) is 0 Å². The molecule has 0 fully saturated rings. The molecule has 22 heavy (non-hydrogen) atoms. The van der Waals surface area contributed by atoms with Crippen molar-refractivity contribution in [2.24, 2.45) is 5.92 Å². The van der Waals surface area contributed by atoms with E-state index in [9.17, 15) is 4.79 Å². The van der Waals surface area contributed by atoms with E-state index in [0.717, 1.165) is 41.3 Å². The Bertz CT molecular complexity index is 582. The van der Waals surface area contributed by atoms with Gasteiger partial charge in [0.1, 0.15) is 0 Å². The van der Waals surface area contributed by atoms with Crippen LogP contribution in [0.4, 0.5) is 0 Å². The fourth-order valence-corrected chi connectivity index (χ4v) is 3.66. The standard InChI is InChI=1S/C17H22N2OS2/c1-13(2)6-5-9-18-17(20)15-7-3-4-8-16(15)22-11-14-10-21-12-19-14/h3-4,7-8,10,12-13H,5-6,9,11H2,1-2H3,(H,18,20). The number of thiazole rings is 1. The zero-order chi connectivity index (χ0) is 15.8. The Morgan fingerprint density at radius 2 is 2.18 bits per heavy atom. The highest BCUT2D eigenvalue weighted by Gasteiger charge is 2.11. The molecule has 0 spiro atoms. The van der Waals surface area contributed by atoms with E-state index in [2.05, 4.69) is 24.1 Å². The monoisotopic (exact) mass is 334 g/mol. The Kier molecular flexibility index (Phi) is 6.93. The number of benzene rings is 1. The van der Waals surface area contributed by atoms with Gasteiger partial charge in [-0.2, -0.15) is 0 Å². The smallest absolute Gasteiger partial charge is 0.252 e. The van der Waals surface area contributed by atoms with Crippen molar-refractivity contribution in [2.75, 3.05) is 6.54 Å². The normalized spacial score (nSPS) is 10.9. The first-order valence-electron chi connectivity index (χ1n) is 7.54. The van der Waals surface area contributed by atoms with Gasteiger partial charge in [-0.1, -0.05) is 26.0 Å². The van der Waals surface area contributed by atoms with Crippen molar-refractivity contribution in [1.29, 1.82) is 0 Å². The fraction of sp³-hybridized carbons (Fsp3) is 0.412. The predicted molar refractivity (Wildman–Crippen MR) is 94.5 cm³/mol. The Morgan fingerprint density at radius 3 is 2.91 bits per heavy atom. The number of thioether (sulfide) groups is 1. The number of hydrogen-bond acceptors (Lipinski definition) is 4. The van der Waals surface area contributed by atoms with Crippen LogP contribution in [0.2, 0.25) is 0 Å². The summed E-state index contributed by atoms with van der Waals surface area (Å²) in [5, 5.41) is 5.07. The Labute approximate surface area is 140 Å². The lowest BCUT2D eigenvalue weighted by Crippen LogP contribution is -2.25. The minimum atomic E-state index is 0.0186. The molecule has 3 nitrogen and oxygen atoms in total. The van der Waals surface area contributed by atoms with Crippen molar-refractivity contribution in [1.82, 2.24) is 10.3 Å². The van der Waals surface area contributed by atoms with E-state index >= 15 is 0 Å². The van der Waals surface area contributed by atoms with Crippen LogP contribution in [0.3, 0.4) is 0 Å². The van der Waals surface area contributed by atoms with Crippen LogP contribution in [-0.4, -0.2) is 17.4 Å². The molecular formula is C17H22N2OS2. The van der Waals surface area contributed by atoms with E-state index in [1.807, 2.05) is 35.2 Å². The van der Waals surface area contributed by atoms with Crippen LogP contribution in [0, 0.1) is 5.92 Å². The molecule has 1 N–H and O–H groups in total. The van der Waals surface area contributed by atoms with E-state index in [-0.39, 0.29) is 5.91 Å². The zero-order valence-electron chi connectivity index (χ0n) is 13.0. The summed E-state index contributed by atoms with van der Waals surface area (Å²) in [4.78, 5) is 17.6. The molecule has 1 amide bonds. The molecule has 0 saturated carbocycles. The molecule has 1 aromatic heterocycles. The number of nitrogens with zero attached hydrogens (tertiary/aromatic N) is 1. The van der Waals surface area contributed by atoms with Gasteiger partial charge in [-0.15, -0.1) is 23.1 Å². The van der Waals surface area contributed by atoms with Crippen molar-refractivity contribution in [2.45, 2.75) is 37.3 Å². The molecule has 118 valence electrons. The minimum absolute atomic E-state index is 0.0186. The first-order valence-corrected chi connectivity index (χ1v) is 9.46. The van der Waals surface area contributed by atoms with Crippen molar-refractivity contribution >= 4 is 29.0 Å². The van der Waals surface area contributed by atoms with E-state index in [1.165, 1.54) is 0 Å². The highest BCUT2D eigenvalue weighted by molar-refractivity contribution is 7.98. The summed E-state index contributed by atoms with van der Waals surface area (Å²) in [5.74, 6) is 1.49. The summed E-state index contributed by atoms with van der Waals surface area (Å²) in [6.45, 7) is 5.14. The molecule has 0 aliphatic heterocycles. The maximum Gasteiger partial charge on any atom is 0.252 e. The molecule has 0 radical (unpaired) electrons. The maximum atomic E-state index is 12.3. The summed E-state index contributed by atoms with van der Waals surface area (Å²) in [6.07, 6.45) is 2.16. The first kappa shape index (κ1) is 17.0. The highest BCUT2D eigenvalue weighted by Crippen LogP contribution is 2.26. The summed E-state index contributed by atoms with van der Waals surface area (Å²) in [5.41, 5.74) is 3.65. The predicted octanol–water partition coefficient (Wildman–Crippen LogP) is 4.60. The SMILES string of the molecule is CC(C)CCCNC(=O)c1ccccc1SCc1cscn1. The lowest BCUT2D eigenvalue weighted by Gasteiger charge is -2.10. The minimum Gasteiger partial charge on any atom is -0.352 e. The quantitative estimate of drug-likeness (QED) is 0.566. The second kappa shape index (κ2) is 8.96. The zero-order valence-corrected chi connectivity index (χ0v) is 14.7. The van der Waals surface area contributed by atoms with E-state index in [4.69, 9.17) is 0 Å². The number of nitrogens with one attached hydrogen (secondary N) is 1. The number of carbonyl (C=O) groups excluding carboxylic acids is 1. The van der Waals surface area contributed by atoms with Crippen LogP contribution in [-0.2, 0) is 5.75 Å². The number of rotatable bonds is 8. The second-order valence-corrected chi connectivity index (χ2v) is 7.29. The lowest BCUT2D eigenvalue weighted by atomic mass is 10.1. The molecule has 0 aliphatic rings. The van der Waals surface area contributed by atoms with E-state index in [1.54, 1.807) is 23.1 Å². The third-order valence-electron chi connectivity index (χ3n) is 3.23. The molecule has 0 saturated heterocycles. The molecule has 1 heterocycles. The van der Waals surface area contributed by atoms with Gasteiger partial charge < -0.3 is 5.32 Å². The van der Waals surface area contributed by atoms with Crippen LogP contribution in [0.5, 0.6) is 0 Å². The topological polar surface area (TPSA) is 42.0 Å². The molecular weight excluding hydrogens is 312 g/mol. The number of carbonyl (C=O) groups is 1. The fourth-order valence-electron chi connectivity index (χ4n) is 2.05.